The van der Waals surface area contributed by atoms with E-state index in [4.69, 9.17) is 4.74 Å². The van der Waals surface area contributed by atoms with Crippen molar-refractivity contribution in [3.8, 4) is 0 Å². The maximum Gasteiger partial charge on any atom is 0.191 e. The second-order valence-electron chi connectivity index (χ2n) is 7.81. The van der Waals surface area contributed by atoms with E-state index in [2.05, 4.69) is 76.8 Å². The van der Waals surface area contributed by atoms with Crippen LogP contribution in [0.2, 0.25) is 0 Å². The second-order valence-corrected chi connectivity index (χ2v) is 7.81. The van der Waals surface area contributed by atoms with E-state index < -0.39 is 0 Å². The molecule has 0 atom stereocenters. The number of rotatable bonds is 7. The quantitative estimate of drug-likeness (QED) is 0.331. The van der Waals surface area contributed by atoms with Crippen molar-refractivity contribution in [1.82, 2.24) is 15.5 Å². The van der Waals surface area contributed by atoms with Crippen molar-refractivity contribution in [2.75, 3.05) is 39.9 Å². The third kappa shape index (κ3) is 8.24. The zero-order valence-corrected chi connectivity index (χ0v) is 20.7. The first kappa shape index (κ1) is 24.6. The van der Waals surface area contributed by atoms with Crippen molar-refractivity contribution >= 4 is 29.9 Å². The van der Waals surface area contributed by atoms with Gasteiger partial charge in [-0.15, -0.1) is 24.0 Å². The fraction of sp³-hybridized carbons (Fsp3) is 0.458. The van der Waals surface area contributed by atoms with Crippen LogP contribution in [-0.4, -0.2) is 50.8 Å². The summed E-state index contributed by atoms with van der Waals surface area (Å²) in [6.07, 6.45) is 0.984. The molecule has 5 nitrogen and oxygen atoms in total. The monoisotopic (exact) mass is 522 g/mol. The van der Waals surface area contributed by atoms with Gasteiger partial charge in [0, 0.05) is 39.8 Å². The van der Waals surface area contributed by atoms with Crippen LogP contribution in [0, 0.1) is 13.8 Å². The minimum atomic E-state index is 0. The van der Waals surface area contributed by atoms with Gasteiger partial charge in [-0.1, -0.05) is 53.6 Å². The summed E-state index contributed by atoms with van der Waals surface area (Å²) in [6, 6.07) is 15.5. The van der Waals surface area contributed by atoms with Gasteiger partial charge in [-0.3, -0.25) is 9.89 Å². The largest absolute Gasteiger partial charge is 0.379 e. The lowest BCUT2D eigenvalue weighted by molar-refractivity contribution is 0.0342. The van der Waals surface area contributed by atoms with Gasteiger partial charge in [0.1, 0.15) is 0 Å². The van der Waals surface area contributed by atoms with Crippen molar-refractivity contribution < 1.29 is 4.74 Å². The van der Waals surface area contributed by atoms with Gasteiger partial charge in [0.05, 0.1) is 13.2 Å². The SMILES string of the molecule is CN=C(NCCc1cc(C)cc(C)c1)NCc1cccc(CN2CCOCC2)c1.I. The number of ether oxygens (including phenoxy) is 1. The van der Waals surface area contributed by atoms with E-state index >= 15 is 0 Å². The van der Waals surface area contributed by atoms with Crippen molar-refractivity contribution in [3.05, 3.63) is 70.3 Å². The number of aryl methyl sites for hydroxylation is 2. The summed E-state index contributed by atoms with van der Waals surface area (Å²) < 4.78 is 5.44. The molecule has 164 valence electrons. The highest BCUT2D eigenvalue weighted by Crippen LogP contribution is 2.11. The molecule has 2 aromatic rings. The number of morpholine rings is 1. The van der Waals surface area contributed by atoms with Gasteiger partial charge < -0.3 is 15.4 Å². The molecule has 0 bridgehead atoms. The molecule has 0 saturated carbocycles. The second kappa shape index (κ2) is 12.9. The average molecular weight is 522 g/mol. The molecule has 0 spiro atoms. The number of nitrogens with one attached hydrogen (secondary N) is 2. The molecule has 0 amide bonds. The van der Waals surface area contributed by atoms with Crippen LogP contribution in [0.1, 0.15) is 27.8 Å². The fourth-order valence-corrected chi connectivity index (χ4v) is 3.80. The number of aliphatic imine (C=N–C) groups is 1. The zero-order valence-electron chi connectivity index (χ0n) is 18.4. The minimum absolute atomic E-state index is 0. The normalized spacial score (nSPS) is 14.8. The van der Waals surface area contributed by atoms with Crippen LogP contribution in [0.3, 0.4) is 0 Å². The van der Waals surface area contributed by atoms with Crippen LogP contribution < -0.4 is 10.6 Å². The standard InChI is InChI=1S/C24H34N4O.HI/c1-19-13-20(2)15-21(14-19)7-8-26-24(25-3)27-17-22-5-4-6-23(16-22)18-28-9-11-29-12-10-28;/h4-6,13-16H,7-12,17-18H2,1-3H3,(H2,25,26,27);1H. The van der Waals surface area contributed by atoms with Crippen molar-refractivity contribution in [3.63, 3.8) is 0 Å². The molecule has 3 rings (SSSR count). The molecule has 0 aromatic heterocycles. The van der Waals surface area contributed by atoms with Gasteiger partial charge in [-0.2, -0.15) is 0 Å². The highest BCUT2D eigenvalue weighted by molar-refractivity contribution is 14.0. The zero-order chi connectivity index (χ0) is 20.5. The van der Waals surface area contributed by atoms with Gasteiger partial charge in [0.2, 0.25) is 0 Å². The Morgan fingerprint density at radius 2 is 1.67 bits per heavy atom. The van der Waals surface area contributed by atoms with Crippen LogP contribution in [0.5, 0.6) is 0 Å². The Morgan fingerprint density at radius 3 is 2.37 bits per heavy atom. The third-order valence-corrected chi connectivity index (χ3v) is 5.17. The van der Waals surface area contributed by atoms with E-state index in [0.717, 1.165) is 58.3 Å². The maximum absolute atomic E-state index is 5.44. The molecule has 0 unspecified atom stereocenters. The Hall–Kier alpha value is -1.64. The molecule has 0 aliphatic carbocycles. The van der Waals surface area contributed by atoms with Crippen LogP contribution in [0.4, 0.5) is 0 Å². The lowest BCUT2D eigenvalue weighted by atomic mass is 10.1. The van der Waals surface area contributed by atoms with Crippen molar-refractivity contribution in [2.24, 2.45) is 4.99 Å². The third-order valence-electron chi connectivity index (χ3n) is 5.17. The summed E-state index contributed by atoms with van der Waals surface area (Å²) in [5.41, 5.74) is 6.62. The van der Waals surface area contributed by atoms with Crippen LogP contribution >= 0.6 is 24.0 Å². The van der Waals surface area contributed by atoms with E-state index in [-0.39, 0.29) is 24.0 Å². The summed E-state index contributed by atoms with van der Waals surface area (Å²) in [5.74, 6) is 0.841. The first-order chi connectivity index (χ1) is 14.1. The number of hydrogen-bond donors (Lipinski definition) is 2. The molecule has 1 aliphatic heterocycles. The summed E-state index contributed by atoms with van der Waals surface area (Å²) in [6.45, 7) is 10.6. The topological polar surface area (TPSA) is 48.9 Å². The van der Waals surface area contributed by atoms with Crippen LogP contribution in [0.15, 0.2) is 47.5 Å². The Labute approximate surface area is 198 Å². The molecule has 2 aromatic carbocycles. The minimum Gasteiger partial charge on any atom is -0.379 e. The molecular formula is C24H35IN4O. The number of benzene rings is 2. The highest BCUT2D eigenvalue weighted by atomic mass is 127. The van der Waals surface area contributed by atoms with Gasteiger partial charge in [-0.25, -0.2) is 0 Å². The van der Waals surface area contributed by atoms with E-state index in [0.29, 0.717) is 0 Å². The van der Waals surface area contributed by atoms with E-state index in [1.165, 1.54) is 27.8 Å². The Kier molecular flexibility index (Phi) is 10.6. The van der Waals surface area contributed by atoms with E-state index in [1.807, 2.05) is 7.05 Å². The first-order valence-corrected chi connectivity index (χ1v) is 10.5. The van der Waals surface area contributed by atoms with Gasteiger partial charge in [-0.05, 0) is 37.0 Å². The number of guanidine groups is 1. The number of nitrogens with zero attached hydrogens (tertiary/aromatic N) is 2. The Bertz CT molecular complexity index is 798. The van der Waals surface area contributed by atoms with Crippen molar-refractivity contribution in [1.29, 1.82) is 0 Å². The molecule has 1 heterocycles. The van der Waals surface area contributed by atoms with Crippen LogP contribution in [-0.2, 0) is 24.2 Å². The molecule has 6 heteroatoms. The maximum atomic E-state index is 5.44. The van der Waals surface area contributed by atoms with Gasteiger partial charge in [0.15, 0.2) is 5.96 Å². The highest BCUT2D eigenvalue weighted by Gasteiger charge is 2.10. The Balaban J connectivity index is 0.00000320. The smallest absolute Gasteiger partial charge is 0.191 e. The van der Waals surface area contributed by atoms with Gasteiger partial charge in [0.25, 0.3) is 0 Å². The lowest BCUT2D eigenvalue weighted by Crippen LogP contribution is -2.38. The summed E-state index contributed by atoms with van der Waals surface area (Å²) in [7, 11) is 1.82. The van der Waals surface area contributed by atoms with E-state index in [9.17, 15) is 0 Å². The fourth-order valence-electron chi connectivity index (χ4n) is 3.80. The number of hydrogen-bond acceptors (Lipinski definition) is 3. The number of halogens is 1. The first-order valence-electron chi connectivity index (χ1n) is 10.5. The molecule has 0 radical (unpaired) electrons. The lowest BCUT2D eigenvalue weighted by Gasteiger charge is -2.26. The summed E-state index contributed by atoms with van der Waals surface area (Å²) in [4.78, 5) is 6.81. The molecule has 30 heavy (non-hydrogen) atoms. The van der Waals surface area contributed by atoms with Gasteiger partial charge >= 0.3 is 0 Å². The molecule has 1 aliphatic rings. The predicted molar refractivity (Wildman–Crippen MR) is 136 cm³/mol. The Morgan fingerprint density at radius 1 is 0.967 bits per heavy atom. The molecular weight excluding hydrogens is 487 g/mol. The molecule has 1 saturated heterocycles. The molecule has 1 fully saturated rings. The average Bonchev–Trinajstić information content (AvgIpc) is 2.71. The van der Waals surface area contributed by atoms with Crippen LogP contribution in [0.25, 0.3) is 0 Å². The summed E-state index contributed by atoms with van der Waals surface area (Å²) >= 11 is 0. The van der Waals surface area contributed by atoms with Crippen molar-refractivity contribution in [2.45, 2.75) is 33.4 Å². The summed E-state index contributed by atoms with van der Waals surface area (Å²) in [5, 5.41) is 6.86. The molecule has 2 N–H and O–H groups in total. The predicted octanol–water partition coefficient (Wildman–Crippen LogP) is 3.66. The van der Waals surface area contributed by atoms with E-state index in [1.54, 1.807) is 0 Å².